The van der Waals surface area contributed by atoms with Crippen LogP contribution in [0.3, 0.4) is 0 Å². The molecule has 2 aliphatic rings. The van der Waals surface area contributed by atoms with Gasteiger partial charge in [0.05, 0.1) is 11.4 Å². The third-order valence-electron chi connectivity index (χ3n) is 4.56. The molecule has 8 nitrogen and oxygen atoms in total. The summed E-state index contributed by atoms with van der Waals surface area (Å²) in [6, 6.07) is 5.60. The quantitative estimate of drug-likeness (QED) is 0.752. The summed E-state index contributed by atoms with van der Waals surface area (Å²) in [6.45, 7) is 2.94. The second-order valence-corrected chi connectivity index (χ2v) is 6.50. The molecule has 0 radical (unpaired) electrons. The van der Waals surface area contributed by atoms with E-state index in [1.165, 1.54) is 0 Å². The van der Waals surface area contributed by atoms with Crippen LogP contribution in [0.1, 0.15) is 32.6 Å². The third-order valence-corrected chi connectivity index (χ3v) is 4.56. The number of anilines is 2. The van der Waals surface area contributed by atoms with E-state index in [0.717, 1.165) is 17.9 Å². The molecule has 2 saturated heterocycles. The van der Waals surface area contributed by atoms with Crippen molar-refractivity contribution in [2.45, 2.75) is 38.6 Å². The number of rotatable bonds is 6. The zero-order valence-electron chi connectivity index (χ0n) is 14.7. The summed E-state index contributed by atoms with van der Waals surface area (Å²) in [7, 11) is 0. The van der Waals surface area contributed by atoms with Gasteiger partial charge in [0.15, 0.2) is 0 Å². The molecule has 8 heteroatoms. The van der Waals surface area contributed by atoms with Crippen LogP contribution in [-0.4, -0.2) is 47.8 Å². The van der Waals surface area contributed by atoms with Crippen molar-refractivity contribution >= 4 is 35.1 Å². The number of hydrogen-bond acceptors (Lipinski definition) is 4. The number of nitrogens with one attached hydrogen (secondary N) is 2. The van der Waals surface area contributed by atoms with Crippen molar-refractivity contribution in [1.29, 1.82) is 0 Å². The van der Waals surface area contributed by atoms with Crippen molar-refractivity contribution in [2.75, 3.05) is 23.3 Å². The largest absolute Gasteiger partial charge is 0.343 e. The molecule has 5 amide bonds. The van der Waals surface area contributed by atoms with E-state index in [1.54, 1.807) is 36.1 Å². The van der Waals surface area contributed by atoms with Crippen LogP contribution in [0.4, 0.5) is 16.2 Å². The fourth-order valence-corrected chi connectivity index (χ4v) is 3.19. The van der Waals surface area contributed by atoms with Crippen molar-refractivity contribution in [3.8, 4) is 0 Å². The molecular weight excluding hydrogens is 336 g/mol. The zero-order chi connectivity index (χ0) is 18.7. The number of imide groups is 1. The van der Waals surface area contributed by atoms with Crippen molar-refractivity contribution in [3.05, 3.63) is 24.3 Å². The highest BCUT2D eigenvalue weighted by Crippen LogP contribution is 2.28. The molecule has 0 spiro atoms. The monoisotopic (exact) mass is 358 g/mol. The van der Waals surface area contributed by atoms with Crippen LogP contribution < -0.4 is 15.5 Å². The van der Waals surface area contributed by atoms with Crippen LogP contribution in [0.5, 0.6) is 0 Å². The number of carbonyl (C=O) groups is 4. The Morgan fingerprint density at radius 3 is 2.69 bits per heavy atom. The van der Waals surface area contributed by atoms with E-state index in [1.807, 2.05) is 0 Å². The van der Waals surface area contributed by atoms with E-state index in [4.69, 9.17) is 0 Å². The third kappa shape index (κ3) is 3.68. The van der Waals surface area contributed by atoms with E-state index in [-0.39, 0.29) is 24.1 Å². The predicted octanol–water partition coefficient (Wildman–Crippen LogP) is 1.47. The first-order valence-electron chi connectivity index (χ1n) is 8.78. The highest BCUT2D eigenvalue weighted by atomic mass is 16.2. The lowest BCUT2D eigenvalue weighted by molar-refractivity contribution is -0.128. The highest BCUT2D eigenvalue weighted by molar-refractivity contribution is 6.23. The molecule has 0 aromatic heterocycles. The van der Waals surface area contributed by atoms with E-state index in [2.05, 4.69) is 10.6 Å². The Morgan fingerprint density at radius 2 is 2.04 bits per heavy atom. The number of amides is 5. The summed E-state index contributed by atoms with van der Waals surface area (Å²) in [4.78, 5) is 50.9. The maximum atomic E-state index is 12.2. The molecule has 1 aromatic rings. The molecule has 26 heavy (non-hydrogen) atoms. The minimum Gasteiger partial charge on any atom is -0.343 e. The Bertz CT molecular complexity index is 748. The molecule has 3 rings (SSSR count). The SMILES string of the molecule is CC1NC(=O)N(c2ccccc2NC(=O)CCCN2CCCC2=O)C1=O. The number of para-hydroxylation sites is 2. The van der Waals surface area contributed by atoms with E-state index >= 15 is 0 Å². The molecule has 2 aliphatic heterocycles. The summed E-state index contributed by atoms with van der Waals surface area (Å²) in [5.41, 5.74) is 0.759. The van der Waals surface area contributed by atoms with Crippen LogP contribution in [0.25, 0.3) is 0 Å². The van der Waals surface area contributed by atoms with Gasteiger partial charge in [-0.25, -0.2) is 9.69 Å². The van der Waals surface area contributed by atoms with Gasteiger partial charge in [-0.3, -0.25) is 14.4 Å². The molecule has 138 valence electrons. The maximum Gasteiger partial charge on any atom is 0.329 e. The summed E-state index contributed by atoms with van der Waals surface area (Å²) in [6.07, 6.45) is 2.29. The van der Waals surface area contributed by atoms with Gasteiger partial charge in [0.25, 0.3) is 5.91 Å². The summed E-state index contributed by atoms with van der Waals surface area (Å²) < 4.78 is 0. The maximum absolute atomic E-state index is 12.2. The average Bonchev–Trinajstić information content (AvgIpc) is 3.11. The van der Waals surface area contributed by atoms with Gasteiger partial charge < -0.3 is 15.5 Å². The Labute approximate surface area is 151 Å². The van der Waals surface area contributed by atoms with Gasteiger partial charge in [0.2, 0.25) is 11.8 Å². The predicted molar refractivity (Wildman–Crippen MR) is 95.6 cm³/mol. The summed E-state index contributed by atoms with van der Waals surface area (Å²) >= 11 is 0. The smallest absolute Gasteiger partial charge is 0.329 e. The molecule has 2 fully saturated rings. The topological polar surface area (TPSA) is 98.8 Å². The molecule has 1 unspecified atom stereocenters. The van der Waals surface area contributed by atoms with Gasteiger partial charge in [0, 0.05) is 25.9 Å². The van der Waals surface area contributed by atoms with E-state index in [0.29, 0.717) is 30.8 Å². The Morgan fingerprint density at radius 1 is 1.27 bits per heavy atom. The van der Waals surface area contributed by atoms with Gasteiger partial charge in [0.1, 0.15) is 6.04 Å². The molecular formula is C18H22N4O4. The van der Waals surface area contributed by atoms with Crippen molar-refractivity contribution in [3.63, 3.8) is 0 Å². The Balaban J connectivity index is 1.61. The minimum absolute atomic E-state index is 0.142. The number of nitrogens with zero attached hydrogens (tertiary/aromatic N) is 2. The first-order chi connectivity index (χ1) is 12.5. The molecule has 1 aromatic carbocycles. The van der Waals surface area contributed by atoms with Gasteiger partial charge >= 0.3 is 6.03 Å². The molecule has 2 heterocycles. The number of likely N-dealkylation sites (tertiary alicyclic amines) is 1. The van der Waals surface area contributed by atoms with Crippen LogP contribution in [0, 0.1) is 0 Å². The lowest BCUT2D eigenvalue weighted by Gasteiger charge is -2.18. The van der Waals surface area contributed by atoms with Crippen LogP contribution >= 0.6 is 0 Å². The van der Waals surface area contributed by atoms with Gasteiger partial charge in [-0.05, 0) is 31.9 Å². The zero-order valence-corrected chi connectivity index (χ0v) is 14.7. The number of urea groups is 1. The fourth-order valence-electron chi connectivity index (χ4n) is 3.19. The fraction of sp³-hybridized carbons (Fsp3) is 0.444. The average molecular weight is 358 g/mol. The highest BCUT2D eigenvalue weighted by Gasteiger charge is 2.37. The number of benzene rings is 1. The van der Waals surface area contributed by atoms with Crippen LogP contribution in [0.15, 0.2) is 24.3 Å². The van der Waals surface area contributed by atoms with Crippen LogP contribution in [0.2, 0.25) is 0 Å². The van der Waals surface area contributed by atoms with Gasteiger partial charge in [-0.15, -0.1) is 0 Å². The summed E-state index contributed by atoms with van der Waals surface area (Å²) in [5.74, 6) is -0.433. The molecule has 0 aliphatic carbocycles. The first kappa shape index (κ1) is 17.9. The van der Waals surface area contributed by atoms with Gasteiger partial charge in [-0.2, -0.15) is 0 Å². The van der Waals surface area contributed by atoms with Crippen molar-refractivity contribution in [2.24, 2.45) is 0 Å². The normalized spacial score (nSPS) is 19.9. The molecule has 0 bridgehead atoms. The standard InChI is InChI=1S/C18H22N4O4/c1-12-17(25)22(18(26)19-12)14-7-3-2-6-13(14)20-15(23)8-4-10-21-11-5-9-16(21)24/h2-3,6-7,12H,4-5,8-11H2,1H3,(H,19,26)(H,20,23). The Kier molecular flexibility index (Phi) is 5.20. The lowest BCUT2D eigenvalue weighted by Crippen LogP contribution is -2.32. The van der Waals surface area contributed by atoms with Crippen molar-refractivity contribution < 1.29 is 19.2 Å². The van der Waals surface area contributed by atoms with Crippen molar-refractivity contribution in [1.82, 2.24) is 10.2 Å². The second-order valence-electron chi connectivity index (χ2n) is 6.50. The minimum atomic E-state index is -0.593. The first-order valence-corrected chi connectivity index (χ1v) is 8.78. The number of hydrogen-bond donors (Lipinski definition) is 2. The molecule has 1 atom stereocenters. The summed E-state index contributed by atoms with van der Waals surface area (Å²) in [5, 5.41) is 5.32. The van der Waals surface area contributed by atoms with Gasteiger partial charge in [-0.1, -0.05) is 12.1 Å². The van der Waals surface area contributed by atoms with E-state index in [9.17, 15) is 19.2 Å². The van der Waals surface area contributed by atoms with Crippen LogP contribution in [-0.2, 0) is 14.4 Å². The number of carbonyl (C=O) groups excluding carboxylic acids is 4. The molecule has 0 saturated carbocycles. The van der Waals surface area contributed by atoms with E-state index < -0.39 is 12.1 Å². The second kappa shape index (κ2) is 7.55. The Hall–Kier alpha value is -2.90. The lowest BCUT2D eigenvalue weighted by atomic mass is 10.2. The molecule has 2 N–H and O–H groups in total.